The maximum Gasteiger partial charge on any atom is 0.337 e. The third-order valence-corrected chi connectivity index (χ3v) is 3.03. The van der Waals surface area contributed by atoms with Crippen molar-refractivity contribution >= 4 is 32.8 Å². The number of esters is 1. The quantitative estimate of drug-likeness (QED) is 0.801. The number of alkyl halides is 2. The van der Waals surface area contributed by atoms with E-state index in [2.05, 4.69) is 25.8 Å². The Bertz CT molecular complexity index is 583. The number of nitrogens with zero attached hydrogens (tertiary/aromatic N) is 2. The molecular formula is C10H7BrF2N2O2. The number of halogens is 3. The Morgan fingerprint density at radius 3 is 2.82 bits per heavy atom. The summed E-state index contributed by atoms with van der Waals surface area (Å²) in [6, 6.07) is 4.44. The molecule has 0 aliphatic carbocycles. The molecule has 0 bridgehead atoms. The fourth-order valence-corrected chi connectivity index (χ4v) is 2.02. The van der Waals surface area contributed by atoms with Crippen molar-refractivity contribution in [3.63, 3.8) is 0 Å². The van der Waals surface area contributed by atoms with Crippen LogP contribution in [0, 0.1) is 0 Å². The van der Waals surface area contributed by atoms with Gasteiger partial charge in [-0.15, -0.1) is 0 Å². The number of carbonyl (C=O) groups excluding carboxylic acids is 1. The number of ether oxygens (including phenoxy) is 1. The molecule has 2 rings (SSSR count). The Balaban J connectivity index is 2.59. The predicted octanol–water partition coefficient (Wildman–Crippen LogP) is 2.98. The zero-order chi connectivity index (χ0) is 12.6. The summed E-state index contributed by atoms with van der Waals surface area (Å²) in [5, 5.41) is 4.21. The topological polar surface area (TPSA) is 44.1 Å². The van der Waals surface area contributed by atoms with Gasteiger partial charge in [0, 0.05) is 5.39 Å². The summed E-state index contributed by atoms with van der Waals surface area (Å²) in [6.45, 7) is -2.74. The molecule has 0 fully saturated rings. The third-order valence-electron chi connectivity index (χ3n) is 2.24. The van der Waals surface area contributed by atoms with Gasteiger partial charge in [0.1, 0.15) is 4.60 Å². The smallest absolute Gasteiger partial charge is 0.337 e. The number of fused-ring (bicyclic) bond motifs is 1. The summed E-state index contributed by atoms with van der Waals surface area (Å²) in [6.07, 6.45) is 0. The van der Waals surface area contributed by atoms with Crippen LogP contribution in [0.2, 0.25) is 0 Å². The zero-order valence-electron chi connectivity index (χ0n) is 8.65. The van der Waals surface area contributed by atoms with E-state index in [0.717, 1.165) is 0 Å². The second-order valence-corrected chi connectivity index (χ2v) is 3.99. The van der Waals surface area contributed by atoms with Crippen LogP contribution in [0.25, 0.3) is 10.9 Å². The second-order valence-electron chi connectivity index (χ2n) is 3.24. The van der Waals surface area contributed by atoms with Gasteiger partial charge in [-0.05, 0) is 34.1 Å². The molecule has 0 aliphatic heterocycles. The summed E-state index contributed by atoms with van der Waals surface area (Å²) in [5.74, 6) is -0.533. The van der Waals surface area contributed by atoms with Gasteiger partial charge in [-0.3, -0.25) is 0 Å². The SMILES string of the molecule is COC(=O)c1ccc2c(Br)n(C(F)F)nc2c1. The monoisotopic (exact) mass is 304 g/mol. The van der Waals surface area contributed by atoms with E-state index in [1.165, 1.54) is 25.3 Å². The minimum Gasteiger partial charge on any atom is -0.465 e. The highest BCUT2D eigenvalue weighted by Gasteiger charge is 2.16. The van der Waals surface area contributed by atoms with Gasteiger partial charge in [0.25, 0.3) is 0 Å². The van der Waals surface area contributed by atoms with Gasteiger partial charge in [0.15, 0.2) is 0 Å². The van der Waals surface area contributed by atoms with E-state index in [9.17, 15) is 13.6 Å². The van der Waals surface area contributed by atoms with Crippen LogP contribution < -0.4 is 0 Å². The number of hydrogen-bond donors (Lipinski definition) is 0. The van der Waals surface area contributed by atoms with Crippen LogP contribution >= 0.6 is 15.9 Å². The van der Waals surface area contributed by atoms with Crippen molar-refractivity contribution in [3.05, 3.63) is 28.4 Å². The van der Waals surface area contributed by atoms with Crippen molar-refractivity contribution in [1.29, 1.82) is 0 Å². The summed E-state index contributed by atoms with van der Waals surface area (Å²) in [4.78, 5) is 11.3. The molecule has 0 saturated carbocycles. The largest absolute Gasteiger partial charge is 0.465 e. The number of hydrogen-bond acceptors (Lipinski definition) is 3. The van der Waals surface area contributed by atoms with Crippen LogP contribution in [-0.2, 0) is 4.74 Å². The van der Waals surface area contributed by atoms with Gasteiger partial charge in [-0.25, -0.2) is 4.79 Å². The summed E-state index contributed by atoms with van der Waals surface area (Å²) < 4.78 is 30.4. The minimum atomic E-state index is -2.74. The standard InChI is InChI=1S/C10H7BrF2N2O2/c1-17-9(16)5-2-3-6-7(4-5)14-15(8(6)11)10(12)13/h2-4,10H,1H3. The molecule has 0 amide bonds. The van der Waals surface area contributed by atoms with Crippen LogP contribution in [0.1, 0.15) is 16.9 Å². The van der Waals surface area contributed by atoms with Gasteiger partial charge in [-0.1, -0.05) is 0 Å². The molecule has 0 spiro atoms. The van der Waals surface area contributed by atoms with E-state index in [-0.39, 0.29) is 10.2 Å². The molecule has 1 heterocycles. The minimum absolute atomic E-state index is 0.180. The summed E-state index contributed by atoms with van der Waals surface area (Å²) >= 11 is 3.04. The zero-order valence-corrected chi connectivity index (χ0v) is 10.2. The number of carbonyl (C=O) groups is 1. The Morgan fingerprint density at radius 1 is 1.53 bits per heavy atom. The third kappa shape index (κ3) is 2.02. The van der Waals surface area contributed by atoms with Crippen LogP contribution in [0.5, 0.6) is 0 Å². The van der Waals surface area contributed by atoms with Crippen molar-refractivity contribution in [2.75, 3.05) is 7.11 Å². The predicted molar refractivity (Wildman–Crippen MR) is 60.0 cm³/mol. The Kier molecular flexibility index (Phi) is 3.10. The Labute approximate surface area is 103 Å². The van der Waals surface area contributed by atoms with Gasteiger partial charge in [0.05, 0.1) is 18.2 Å². The molecule has 2 aromatic rings. The highest BCUT2D eigenvalue weighted by atomic mass is 79.9. The lowest BCUT2D eigenvalue weighted by Crippen LogP contribution is -2.00. The van der Waals surface area contributed by atoms with E-state index in [1.807, 2.05) is 0 Å². The van der Waals surface area contributed by atoms with Crippen LogP contribution in [0.15, 0.2) is 22.8 Å². The van der Waals surface area contributed by atoms with E-state index in [1.54, 1.807) is 0 Å². The first-order valence-corrected chi connectivity index (χ1v) is 5.38. The second kappa shape index (κ2) is 4.40. The van der Waals surface area contributed by atoms with Gasteiger partial charge < -0.3 is 4.74 Å². The van der Waals surface area contributed by atoms with Crippen LogP contribution in [0.3, 0.4) is 0 Å². The number of rotatable bonds is 2. The maximum absolute atomic E-state index is 12.6. The normalized spacial score (nSPS) is 11.1. The number of methoxy groups -OCH3 is 1. The number of benzene rings is 1. The molecule has 4 nitrogen and oxygen atoms in total. The van der Waals surface area contributed by atoms with E-state index in [0.29, 0.717) is 15.6 Å². The first kappa shape index (κ1) is 12.0. The van der Waals surface area contributed by atoms with Gasteiger partial charge >= 0.3 is 12.5 Å². The Hall–Kier alpha value is -1.50. The molecule has 0 saturated heterocycles. The van der Waals surface area contributed by atoms with Gasteiger partial charge in [-0.2, -0.15) is 18.6 Å². The van der Waals surface area contributed by atoms with Crippen molar-refractivity contribution in [2.45, 2.75) is 6.55 Å². The lowest BCUT2D eigenvalue weighted by molar-refractivity contribution is 0.0549. The molecule has 0 N–H and O–H groups in total. The fraction of sp³-hybridized carbons (Fsp3) is 0.200. The van der Waals surface area contributed by atoms with E-state index >= 15 is 0 Å². The molecule has 0 atom stereocenters. The molecular weight excluding hydrogens is 298 g/mol. The molecule has 0 unspecified atom stereocenters. The van der Waals surface area contributed by atoms with Gasteiger partial charge in [0.2, 0.25) is 0 Å². The average molecular weight is 305 g/mol. The fourth-order valence-electron chi connectivity index (χ4n) is 1.45. The van der Waals surface area contributed by atoms with Crippen molar-refractivity contribution in [2.24, 2.45) is 0 Å². The molecule has 7 heteroatoms. The summed E-state index contributed by atoms with van der Waals surface area (Å²) in [7, 11) is 1.25. The average Bonchev–Trinajstić information content (AvgIpc) is 2.65. The Morgan fingerprint density at radius 2 is 2.24 bits per heavy atom. The molecule has 90 valence electrons. The first-order chi connectivity index (χ1) is 8.04. The molecule has 0 aliphatic rings. The van der Waals surface area contributed by atoms with E-state index < -0.39 is 12.5 Å². The lowest BCUT2D eigenvalue weighted by atomic mass is 10.2. The molecule has 1 aromatic carbocycles. The molecule has 1 aromatic heterocycles. The highest BCUT2D eigenvalue weighted by Crippen LogP contribution is 2.28. The maximum atomic E-state index is 12.6. The van der Waals surface area contributed by atoms with E-state index in [4.69, 9.17) is 0 Å². The first-order valence-electron chi connectivity index (χ1n) is 4.59. The van der Waals surface area contributed by atoms with Crippen LogP contribution in [0.4, 0.5) is 8.78 Å². The van der Waals surface area contributed by atoms with Crippen molar-refractivity contribution in [1.82, 2.24) is 9.78 Å². The molecule has 17 heavy (non-hydrogen) atoms. The van der Waals surface area contributed by atoms with Crippen molar-refractivity contribution in [3.8, 4) is 0 Å². The van der Waals surface area contributed by atoms with Crippen molar-refractivity contribution < 1.29 is 18.3 Å². The lowest BCUT2D eigenvalue weighted by Gasteiger charge is -1.98. The summed E-state index contributed by atoms with van der Waals surface area (Å²) in [5.41, 5.74) is 0.575. The molecule has 0 radical (unpaired) electrons. The number of aromatic nitrogens is 2. The highest BCUT2D eigenvalue weighted by molar-refractivity contribution is 9.10. The van der Waals surface area contributed by atoms with Crippen LogP contribution in [-0.4, -0.2) is 22.9 Å².